The maximum Gasteiger partial charge on any atom is 0.405 e. The van der Waals surface area contributed by atoms with Crippen molar-refractivity contribution >= 4 is 21.4 Å². The molecular formula is C16H14O8S. The van der Waals surface area contributed by atoms with E-state index in [1.165, 1.54) is 6.07 Å². The lowest BCUT2D eigenvalue weighted by Crippen LogP contribution is -1.90. The lowest BCUT2D eigenvalue weighted by molar-refractivity contribution is 0.366. The summed E-state index contributed by atoms with van der Waals surface area (Å²) in [7, 11) is -3.31. The first-order chi connectivity index (χ1) is 11.7. The predicted octanol–water partition coefficient (Wildman–Crippen LogP) is 2.81. The van der Waals surface area contributed by atoms with Crippen LogP contribution in [0.1, 0.15) is 0 Å². The molecule has 132 valence electrons. The lowest BCUT2D eigenvalue weighted by Gasteiger charge is -1.99. The zero-order chi connectivity index (χ0) is 18.6. The number of methoxy groups -OCH3 is 1. The van der Waals surface area contributed by atoms with Gasteiger partial charge in [0, 0.05) is 6.07 Å². The molecule has 25 heavy (non-hydrogen) atoms. The number of hydrogen-bond donors (Lipinski definition) is 3. The number of benzene rings is 2. The highest BCUT2D eigenvalue weighted by Gasteiger charge is 2.20. The summed E-state index contributed by atoms with van der Waals surface area (Å²) < 4.78 is 43.6. The highest BCUT2D eigenvalue weighted by atomic mass is 32.3. The van der Waals surface area contributed by atoms with E-state index in [2.05, 4.69) is 0 Å². The van der Waals surface area contributed by atoms with Gasteiger partial charge in [-0.2, -0.15) is 0 Å². The second-order valence-corrected chi connectivity index (χ2v) is 5.66. The van der Waals surface area contributed by atoms with Gasteiger partial charge in [-0.1, -0.05) is 0 Å². The standard InChI is InChI=1S/C16H12O4.H2O4S/c1-19-12-6-2-10(3-7-12)14-9-5-11-4-8-13(17)15(18)16(11)20-14;1-5(2,3)4/h2-9H,1H3,(H-,17,18);(H2,1,2,3,4). The second-order valence-electron chi connectivity index (χ2n) is 4.81. The first kappa shape index (κ1) is 18.5. The third kappa shape index (κ3) is 5.05. The van der Waals surface area contributed by atoms with Crippen LogP contribution in [0.2, 0.25) is 0 Å². The summed E-state index contributed by atoms with van der Waals surface area (Å²) in [5, 5.41) is 20.1. The van der Waals surface area contributed by atoms with Crippen LogP contribution in [-0.4, -0.2) is 34.8 Å². The number of rotatable bonds is 2. The summed E-state index contributed by atoms with van der Waals surface area (Å²) in [5.74, 6) is 0.905. The average molecular weight is 366 g/mol. The third-order valence-electron chi connectivity index (χ3n) is 3.14. The Morgan fingerprint density at radius 2 is 1.56 bits per heavy atom. The number of hydrogen-bond acceptors (Lipinski definition) is 6. The van der Waals surface area contributed by atoms with Crippen LogP contribution in [-0.2, 0) is 10.4 Å². The van der Waals surface area contributed by atoms with Crippen LogP contribution in [0.3, 0.4) is 0 Å². The molecule has 0 spiro atoms. The number of phenolic OH excluding ortho intramolecular Hbond substituents is 2. The zero-order valence-corrected chi connectivity index (χ0v) is 13.7. The largest absolute Gasteiger partial charge is 0.726 e. The van der Waals surface area contributed by atoms with Gasteiger partial charge in [0.05, 0.1) is 18.1 Å². The summed E-state index contributed by atoms with van der Waals surface area (Å²) in [6, 6.07) is 14.2. The minimum Gasteiger partial charge on any atom is -0.726 e. The Balaban J connectivity index is 0.000000399. The van der Waals surface area contributed by atoms with Crippen molar-refractivity contribution in [2.24, 2.45) is 0 Å². The van der Waals surface area contributed by atoms with Crippen molar-refractivity contribution in [2.45, 2.75) is 0 Å². The summed E-state index contributed by atoms with van der Waals surface area (Å²) in [6.45, 7) is 0. The van der Waals surface area contributed by atoms with Crippen molar-refractivity contribution < 1.29 is 36.9 Å². The summed E-state index contributed by atoms with van der Waals surface area (Å²) in [4.78, 5) is 0. The molecule has 3 N–H and O–H groups in total. The fraction of sp³-hybridized carbons (Fsp3) is 0.0625. The minimum atomic E-state index is -4.92. The molecule has 0 radical (unpaired) electrons. The van der Waals surface area contributed by atoms with E-state index in [0.29, 0.717) is 5.76 Å². The van der Waals surface area contributed by atoms with Gasteiger partial charge in [0.1, 0.15) is 5.75 Å². The number of ether oxygens (including phenoxy) is 1. The SMILES string of the molecule is COc1ccc(-c2ccc3ccc(O)c(O)c3[o+]2)cc1.O=S(=O)([O-])O. The monoisotopic (exact) mass is 366 g/mol. The van der Waals surface area contributed by atoms with Crippen LogP contribution < -0.4 is 4.74 Å². The first-order valence-corrected chi connectivity index (χ1v) is 8.16. The van der Waals surface area contributed by atoms with Crippen LogP contribution in [0, 0.1) is 0 Å². The van der Waals surface area contributed by atoms with Crippen LogP contribution >= 0.6 is 0 Å². The molecule has 0 unspecified atom stereocenters. The van der Waals surface area contributed by atoms with Crippen LogP contribution in [0.5, 0.6) is 17.2 Å². The fourth-order valence-electron chi connectivity index (χ4n) is 2.03. The number of aromatic hydroxyl groups is 2. The molecule has 3 aromatic rings. The smallest absolute Gasteiger partial charge is 0.405 e. The molecular weight excluding hydrogens is 352 g/mol. The van der Waals surface area contributed by atoms with E-state index >= 15 is 0 Å². The van der Waals surface area contributed by atoms with Gasteiger partial charge in [-0.15, -0.1) is 0 Å². The van der Waals surface area contributed by atoms with Crippen molar-refractivity contribution in [1.29, 1.82) is 0 Å². The molecule has 9 heteroatoms. The molecule has 2 aromatic carbocycles. The maximum absolute atomic E-state index is 9.85. The van der Waals surface area contributed by atoms with Gasteiger partial charge in [0.15, 0.2) is 5.75 Å². The molecule has 0 atom stereocenters. The Kier molecular flexibility index (Phi) is 5.42. The fourth-order valence-corrected chi connectivity index (χ4v) is 2.03. The quantitative estimate of drug-likeness (QED) is 0.272. The molecule has 0 aliphatic carbocycles. The third-order valence-corrected chi connectivity index (χ3v) is 3.14. The molecule has 0 bridgehead atoms. The van der Waals surface area contributed by atoms with E-state index in [-0.39, 0.29) is 17.1 Å². The number of phenols is 2. The van der Waals surface area contributed by atoms with Crippen molar-refractivity contribution in [3.05, 3.63) is 48.5 Å². The number of fused-ring (bicyclic) bond motifs is 1. The van der Waals surface area contributed by atoms with E-state index in [4.69, 9.17) is 26.7 Å². The van der Waals surface area contributed by atoms with Crippen LogP contribution in [0.4, 0.5) is 0 Å². The zero-order valence-electron chi connectivity index (χ0n) is 12.9. The van der Waals surface area contributed by atoms with Gasteiger partial charge < -0.3 is 19.5 Å². The van der Waals surface area contributed by atoms with E-state index in [1.54, 1.807) is 13.2 Å². The van der Waals surface area contributed by atoms with Gasteiger partial charge in [-0.05, 0) is 42.5 Å². The molecule has 0 saturated carbocycles. The van der Waals surface area contributed by atoms with Crippen molar-refractivity contribution in [3.63, 3.8) is 0 Å². The van der Waals surface area contributed by atoms with Crippen molar-refractivity contribution in [1.82, 2.24) is 0 Å². The van der Waals surface area contributed by atoms with Crippen LogP contribution in [0.25, 0.3) is 22.3 Å². The first-order valence-electron chi connectivity index (χ1n) is 6.79. The van der Waals surface area contributed by atoms with Gasteiger partial charge in [-0.3, -0.25) is 4.55 Å². The van der Waals surface area contributed by atoms with Gasteiger partial charge in [-0.25, -0.2) is 12.8 Å². The van der Waals surface area contributed by atoms with E-state index in [1.807, 2.05) is 36.4 Å². The molecule has 0 aliphatic rings. The van der Waals surface area contributed by atoms with Crippen molar-refractivity contribution in [2.75, 3.05) is 7.11 Å². The lowest BCUT2D eigenvalue weighted by atomic mass is 10.1. The second kappa shape index (κ2) is 7.34. The topological polar surface area (TPSA) is 138 Å². The Bertz CT molecular complexity index is 973. The Morgan fingerprint density at radius 1 is 1.00 bits per heavy atom. The molecule has 0 saturated heterocycles. The molecule has 0 aliphatic heterocycles. The van der Waals surface area contributed by atoms with Crippen LogP contribution in [0.15, 0.2) is 52.9 Å². The molecule has 0 amide bonds. The molecule has 0 fully saturated rings. The van der Waals surface area contributed by atoms with Gasteiger partial charge in [0.2, 0.25) is 10.4 Å². The Hall–Kier alpha value is -2.88. The van der Waals surface area contributed by atoms with Gasteiger partial charge in [0.25, 0.3) is 5.75 Å². The van der Waals surface area contributed by atoms with E-state index in [9.17, 15) is 10.2 Å². The summed E-state index contributed by atoms with van der Waals surface area (Å²) >= 11 is 0. The maximum atomic E-state index is 9.85. The van der Waals surface area contributed by atoms with Crippen molar-refractivity contribution in [3.8, 4) is 28.6 Å². The molecule has 3 rings (SSSR count). The Morgan fingerprint density at radius 3 is 2.12 bits per heavy atom. The molecule has 8 nitrogen and oxygen atoms in total. The molecule has 1 heterocycles. The van der Waals surface area contributed by atoms with Gasteiger partial charge >= 0.3 is 11.3 Å². The summed E-state index contributed by atoms with van der Waals surface area (Å²) in [6.07, 6.45) is 0. The predicted molar refractivity (Wildman–Crippen MR) is 88.3 cm³/mol. The highest BCUT2D eigenvalue weighted by molar-refractivity contribution is 7.79. The normalized spacial score (nSPS) is 10.8. The molecule has 1 aromatic heterocycles. The van der Waals surface area contributed by atoms with E-state index in [0.717, 1.165) is 16.7 Å². The summed E-state index contributed by atoms with van der Waals surface area (Å²) in [5.41, 5.74) is 1.12. The Labute approximate surface area is 143 Å². The minimum absolute atomic E-state index is 0.201. The highest BCUT2D eigenvalue weighted by Crippen LogP contribution is 2.36. The average Bonchev–Trinajstić information content (AvgIpc) is 2.57. The van der Waals surface area contributed by atoms with E-state index < -0.39 is 10.4 Å².